The lowest BCUT2D eigenvalue weighted by atomic mass is 10.1. The molecule has 0 atom stereocenters. The molecule has 0 saturated heterocycles. The monoisotopic (exact) mass is 314 g/mol. The minimum Gasteiger partial charge on any atom is -0.507 e. The van der Waals surface area contributed by atoms with Crippen LogP contribution < -0.4 is 0 Å². The molecule has 0 aliphatic carbocycles. The van der Waals surface area contributed by atoms with Crippen LogP contribution in [-0.2, 0) is 6.42 Å². The second-order valence-electron chi connectivity index (χ2n) is 4.65. The fourth-order valence-corrected chi connectivity index (χ4v) is 1.96. The quantitative estimate of drug-likeness (QED) is 0.425. The third kappa shape index (κ3) is 3.15. The number of hydrogen-bond donors (Lipinski definition) is 2. The van der Waals surface area contributed by atoms with Crippen LogP contribution in [-0.4, -0.2) is 31.1 Å². The van der Waals surface area contributed by atoms with E-state index >= 15 is 0 Å². The summed E-state index contributed by atoms with van der Waals surface area (Å²) in [6.45, 7) is 0. The predicted molar refractivity (Wildman–Crippen MR) is 77.0 cm³/mol. The number of allylic oxidation sites excluding steroid dienone is 1. The standard InChI is InChI=1S/C15H11FN4O3/c16-14-10(11(21)6-12(22)15-18-8-19-20-15)7-23-13(14)5-9-1-3-17-4-2-9/h1-4,6-8,21H,5H2,(H,18,19,20). The lowest BCUT2D eigenvalue weighted by molar-refractivity contribution is 0.103. The molecule has 2 N–H and O–H groups in total. The number of ketones is 1. The third-order valence-corrected chi connectivity index (χ3v) is 3.11. The number of aromatic amines is 1. The molecule has 0 unspecified atom stereocenters. The van der Waals surface area contributed by atoms with Gasteiger partial charge >= 0.3 is 0 Å². The zero-order valence-electron chi connectivity index (χ0n) is 11.7. The fourth-order valence-electron chi connectivity index (χ4n) is 1.96. The van der Waals surface area contributed by atoms with Crippen LogP contribution in [0, 0.1) is 5.82 Å². The number of aliphatic hydroxyl groups excluding tert-OH is 1. The Morgan fingerprint density at radius 2 is 2.17 bits per heavy atom. The van der Waals surface area contributed by atoms with Crippen molar-refractivity contribution in [2.45, 2.75) is 6.42 Å². The molecule has 116 valence electrons. The maximum absolute atomic E-state index is 14.3. The minimum absolute atomic E-state index is 0.0539. The Morgan fingerprint density at radius 1 is 1.39 bits per heavy atom. The van der Waals surface area contributed by atoms with Crippen molar-refractivity contribution in [2.24, 2.45) is 0 Å². The van der Waals surface area contributed by atoms with Crippen molar-refractivity contribution in [3.05, 3.63) is 71.7 Å². The fraction of sp³-hybridized carbons (Fsp3) is 0.0667. The third-order valence-electron chi connectivity index (χ3n) is 3.11. The molecule has 0 radical (unpaired) electrons. The zero-order chi connectivity index (χ0) is 16.2. The van der Waals surface area contributed by atoms with Gasteiger partial charge in [0, 0.05) is 24.9 Å². The van der Waals surface area contributed by atoms with Crippen molar-refractivity contribution in [3.8, 4) is 0 Å². The molecule has 23 heavy (non-hydrogen) atoms. The van der Waals surface area contributed by atoms with Crippen molar-refractivity contribution in [3.63, 3.8) is 0 Å². The molecule has 0 fully saturated rings. The van der Waals surface area contributed by atoms with Crippen LogP contribution in [0.4, 0.5) is 4.39 Å². The highest BCUT2D eigenvalue weighted by atomic mass is 19.1. The molecule has 3 aromatic rings. The van der Waals surface area contributed by atoms with E-state index in [1.54, 1.807) is 24.5 Å². The highest BCUT2D eigenvalue weighted by molar-refractivity contribution is 6.05. The second kappa shape index (κ2) is 6.22. The van der Waals surface area contributed by atoms with Gasteiger partial charge in [0.25, 0.3) is 0 Å². The zero-order valence-corrected chi connectivity index (χ0v) is 11.7. The van der Waals surface area contributed by atoms with Gasteiger partial charge in [-0.2, -0.15) is 5.10 Å². The molecule has 3 rings (SSSR count). The van der Waals surface area contributed by atoms with E-state index in [0.29, 0.717) is 0 Å². The van der Waals surface area contributed by atoms with Gasteiger partial charge in [0.1, 0.15) is 24.1 Å². The van der Waals surface area contributed by atoms with Gasteiger partial charge < -0.3 is 9.52 Å². The number of aliphatic hydroxyl groups is 1. The molecule has 0 aliphatic heterocycles. The molecular weight excluding hydrogens is 303 g/mol. The van der Waals surface area contributed by atoms with Crippen LogP contribution in [0.25, 0.3) is 5.76 Å². The topological polar surface area (TPSA) is 105 Å². The largest absolute Gasteiger partial charge is 0.507 e. The van der Waals surface area contributed by atoms with Crippen LogP contribution in [0.5, 0.6) is 0 Å². The van der Waals surface area contributed by atoms with Gasteiger partial charge in [-0.1, -0.05) is 0 Å². The summed E-state index contributed by atoms with van der Waals surface area (Å²) in [6.07, 6.45) is 6.45. The summed E-state index contributed by atoms with van der Waals surface area (Å²) in [5, 5.41) is 15.8. The summed E-state index contributed by atoms with van der Waals surface area (Å²) in [4.78, 5) is 19.3. The number of rotatable bonds is 5. The second-order valence-corrected chi connectivity index (χ2v) is 4.65. The molecule has 8 heteroatoms. The van der Waals surface area contributed by atoms with E-state index in [1.165, 1.54) is 0 Å². The Morgan fingerprint density at radius 3 is 2.87 bits per heavy atom. The number of carbonyl (C=O) groups excluding carboxylic acids is 1. The first-order valence-corrected chi connectivity index (χ1v) is 6.60. The summed E-state index contributed by atoms with van der Waals surface area (Å²) < 4.78 is 19.5. The molecule has 0 aromatic carbocycles. The number of pyridine rings is 1. The average Bonchev–Trinajstić information content (AvgIpc) is 3.19. The maximum atomic E-state index is 14.3. The Hall–Kier alpha value is -3.29. The van der Waals surface area contributed by atoms with E-state index in [4.69, 9.17) is 4.42 Å². The van der Waals surface area contributed by atoms with Crippen LogP contribution in [0.15, 0.2) is 47.6 Å². The maximum Gasteiger partial charge on any atom is 0.226 e. The van der Waals surface area contributed by atoms with E-state index in [0.717, 1.165) is 24.2 Å². The van der Waals surface area contributed by atoms with Crippen LogP contribution in [0.1, 0.15) is 27.5 Å². The highest BCUT2D eigenvalue weighted by Gasteiger charge is 2.18. The van der Waals surface area contributed by atoms with Crippen LogP contribution in [0.3, 0.4) is 0 Å². The van der Waals surface area contributed by atoms with Gasteiger partial charge in [0.2, 0.25) is 5.78 Å². The summed E-state index contributed by atoms with van der Waals surface area (Å²) in [5.74, 6) is -1.90. The van der Waals surface area contributed by atoms with E-state index in [2.05, 4.69) is 20.2 Å². The van der Waals surface area contributed by atoms with Gasteiger partial charge in [0.15, 0.2) is 11.6 Å². The first-order chi connectivity index (χ1) is 11.1. The van der Waals surface area contributed by atoms with Gasteiger partial charge in [-0.15, -0.1) is 0 Å². The molecule has 0 saturated carbocycles. The minimum atomic E-state index is -0.721. The molecule has 0 spiro atoms. The van der Waals surface area contributed by atoms with Crippen molar-refractivity contribution in [1.29, 1.82) is 0 Å². The number of carbonyl (C=O) groups is 1. The van der Waals surface area contributed by atoms with Crippen molar-refractivity contribution in [2.75, 3.05) is 0 Å². The van der Waals surface area contributed by atoms with Crippen molar-refractivity contribution < 1.29 is 18.7 Å². The van der Waals surface area contributed by atoms with Crippen LogP contribution >= 0.6 is 0 Å². The van der Waals surface area contributed by atoms with Gasteiger partial charge in [-0.3, -0.25) is 14.9 Å². The summed E-state index contributed by atoms with van der Waals surface area (Å²) in [6, 6.07) is 3.45. The molecular formula is C15H11FN4O3. The summed E-state index contributed by atoms with van der Waals surface area (Å²) in [5.41, 5.74) is 0.614. The Balaban J connectivity index is 1.82. The van der Waals surface area contributed by atoms with E-state index in [1.807, 2.05) is 0 Å². The molecule has 0 bridgehead atoms. The van der Waals surface area contributed by atoms with Crippen molar-refractivity contribution >= 4 is 11.5 Å². The number of aromatic nitrogens is 4. The SMILES string of the molecule is O=C(C=C(O)c1coc(Cc2ccncc2)c1F)c1ncn[nH]1. The van der Waals surface area contributed by atoms with Gasteiger partial charge in [-0.05, 0) is 17.7 Å². The summed E-state index contributed by atoms with van der Waals surface area (Å²) in [7, 11) is 0. The number of furan rings is 1. The predicted octanol–water partition coefficient (Wildman–Crippen LogP) is 2.30. The first-order valence-electron chi connectivity index (χ1n) is 6.60. The Kier molecular flexibility index (Phi) is 3.96. The summed E-state index contributed by atoms with van der Waals surface area (Å²) >= 11 is 0. The Labute approximate surface area is 129 Å². The lowest BCUT2D eigenvalue weighted by Gasteiger charge is -1.98. The van der Waals surface area contributed by atoms with E-state index < -0.39 is 17.4 Å². The number of H-pyrrole nitrogens is 1. The Bertz CT molecular complexity index is 841. The average molecular weight is 314 g/mol. The lowest BCUT2D eigenvalue weighted by Crippen LogP contribution is -2.00. The molecule has 7 nitrogen and oxygen atoms in total. The number of nitrogens with one attached hydrogen (secondary N) is 1. The molecule has 3 aromatic heterocycles. The molecule has 3 heterocycles. The van der Waals surface area contributed by atoms with E-state index in [9.17, 15) is 14.3 Å². The van der Waals surface area contributed by atoms with Gasteiger partial charge in [0.05, 0.1) is 5.56 Å². The molecule has 0 amide bonds. The highest BCUT2D eigenvalue weighted by Crippen LogP contribution is 2.23. The number of nitrogens with zero attached hydrogens (tertiary/aromatic N) is 3. The first kappa shape index (κ1) is 14.6. The smallest absolute Gasteiger partial charge is 0.226 e. The molecule has 0 aliphatic rings. The van der Waals surface area contributed by atoms with E-state index in [-0.39, 0.29) is 23.6 Å². The number of hydrogen-bond acceptors (Lipinski definition) is 6. The number of halogens is 1. The normalized spacial score (nSPS) is 11.6. The van der Waals surface area contributed by atoms with Gasteiger partial charge in [-0.25, -0.2) is 9.37 Å². The van der Waals surface area contributed by atoms with Crippen LogP contribution in [0.2, 0.25) is 0 Å². The van der Waals surface area contributed by atoms with Crippen molar-refractivity contribution in [1.82, 2.24) is 20.2 Å².